The van der Waals surface area contributed by atoms with E-state index in [1.165, 1.54) is 18.5 Å². The molecule has 0 spiro atoms. The Kier molecular flexibility index (Phi) is 3.66. The average molecular weight is 261 g/mol. The SMILES string of the molecule is CN1CCC(c2cnc(N3CCCC(N)C3)nc2)C1. The number of nitrogens with zero attached hydrogens (tertiary/aromatic N) is 4. The Hall–Kier alpha value is -1.20. The molecule has 0 amide bonds. The molecule has 0 aromatic carbocycles. The molecule has 2 unspecified atom stereocenters. The van der Waals surface area contributed by atoms with Gasteiger partial charge in [0.15, 0.2) is 0 Å². The van der Waals surface area contributed by atoms with Crippen molar-refractivity contribution < 1.29 is 0 Å². The van der Waals surface area contributed by atoms with E-state index in [0.29, 0.717) is 5.92 Å². The maximum atomic E-state index is 6.00. The Morgan fingerprint density at radius 2 is 1.95 bits per heavy atom. The number of aromatic nitrogens is 2. The Morgan fingerprint density at radius 1 is 1.16 bits per heavy atom. The minimum absolute atomic E-state index is 0.264. The molecule has 0 bridgehead atoms. The summed E-state index contributed by atoms with van der Waals surface area (Å²) in [6.07, 6.45) is 7.48. The summed E-state index contributed by atoms with van der Waals surface area (Å²) in [6, 6.07) is 0.264. The third-order valence-corrected chi connectivity index (χ3v) is 4.26. The van der Waals surface area contributed by atoms with E-state index < -0.39 is 0 Å². The first-order valence-electron chi connectivity index (χ1n) is 7.23. The van der Waals surface area contributed by atoms with E-state index in [2.05, 4.69) is 26.8 Å². The fourth-order valence-electron chi connectivity index (χ4n) is 3.10. The van der Waals surface area contributed by atoms with Crippen LogP contribution in [-0.2, 0) is 0 Å². The molecule has 2 atom stereocenters. The highest BCUT2D eigenvalue weighted by molar-refractivity contribution is 5.32. The summed E-state index contributed by atoms with van der Waals surface area (Å²) in [5.41, 5.74) is 7.28. The second-order valence-electron chi connectivity index (χ2n) is 5.91. The van der Waals surface area contributed by atoms with Crippen LogP contribution in [-0.4, -0.2) is 54.1 Å². The van der Waals surface area contributed by atoms with Gasteiger partial charge in [-0.3, -0.25) is 0 Å². The van der Waals surface area contributed by atoms with Gasteiger partial charge in [0.1, 0.15) is 0 Å². The highest BCUT2D eigenvalue weighted by atomic mass is 15.3. The van der Waals surface area contributed by atoms with Gasteiger partial charge in [0.05, 0.1) is 0 Å². The van der Waals surface area contributed by atoms with E-state index in [1.807, 2.05) is 12.4 Å². The van der Waals surface area contributed by atoms with Crippen molar-refractivity contribution >= 4 is 5.95 Å². The first kappa shape index (κ1) is 12.8. The Labute approximate surface area is 114 Å². The highest BCUT2D eigenvalue weighted by Crippen LogP contribution is 2.26. The molecule has 0 saturated carbocycles. The van der Waals surface area contributed by atoms with Crippen molar-refractivity contribution in [3.05, 3.63) is 18.0 Å². The molecular formula is C14H23N5. The number of anilines is 1. The maximum Gasteiger partial charge on any atom is 0.225 e. The van der Waals surface area contributed by atoms with Crippen molar-refractivity contribution in [2.45, 2.75) is 31.2 Å². The first-order valence-corrected chi connectivity index (χ1v) is 7.23. The molecule has 1 aromatic rings. The van der Waals surface area contributed by atoms with E-state index >= 15 is 0 Å². The number of likely N-dealkylation sites (tertiary alicyclic amines) is 1. The standard InChI is InChI=1S/C14H23N5/c1-18-6-4-11(9-18)12-7-16-14(17-8-12)19-5-2-3-13(15)10-19/h7-8,11,13H,2-6,9-10,15H2,1H3. The van der Waals surface area contributed by atoms with Gasteiger partial charge in [-0.2, -0.15) is 0 Å². The van der Waals surface area contributed by atoms with Crippen LogP contribution in [0.5, 0.6) is 0 Å². The lowest BCUT2D eigenvalue weighted by molar-refractivity contribution is 0.411. The third-order valence-electron chi connectivity index (χ3n) is 4.26. The van der Waals surface area contributed by atoms with Crippen molar-refractivity contribution in [2.24, 2.45) is 5.73 Å². The molecule has 104 valence electrons. The quantitative estimate of drug-likeness (QED) is 0.854. The van der Waals surface area contributed by atoms with E-state index in [9.17, 15) is 0 Å². The van der Waals surface area contributed by atoms with Gasteiger partial charge in [-0.1, -0.05) is 0 Å². The zero-order chi connectivity index (χ0) is 13.2. The van der Waals surface area contributed by atoms with Gasteiger partial charge in [0, 0.05) is 44.0 Å². The van der Waals surface area contributed by atoms with Gasteiger partial charge in [-0.25, -0.2) is 9.97 Å². The van der Waals surface area contributed by atoms with E-state index in [1.54, 1.807) is 0 Å². The number of likely N-dealkylation sites (N-methyl/N-ethyl adjacent to an activating group) is 1. The molecule has 0 aliphatic carbocycles. The highest BCUT2D eigenvalue weighted by Gasteiger charge is 2.23. The van der Waals surface area contributed by atoms with Crippen LogP contribution in [0.25, 0.3) is 0 Å². The smallest absolute Gasteiger partial charge is 0.225 e. The summed E-state index contributed by atoms with van der Waals surface area (Å²) >= 11 is 0. The minimum atomic E-state index is 0.264. The molecule has 2 aliphatic heterocycles. The molecule has 2 N–H and O–H groups in total. The number of nitrogens with two attached hydrogens (primary N) is 1. The lowest BCUT2D eigenvalue weighted by atomic mass is 10.0. The average Bonchev–Trinajstić information content (AvgIpc) is 2.86. The summed E-state index contributed by atoms with van der Waals surface area (Å²) in [5, 5.41) is 0. The van der Waals surface area contributed by atoms with Gasteiger partial charge in [0.2, 0.25) is 5.95 Å². The summed E-state index contributed by atoms with van der Waals surface area (Å²) in [6.45, 7) is 4.20. The van der Waals surface area contributed by atoms with Gasteiger partial charge in [0.25, 0.3) is 0 Å². The number of hydrogen-bond acceptors (Lipinski definition) is 5. The number of piperidine rings is 1. The van der Waals surface area contributed by atoms with Crippen LogP contribution in [0.15, 0.2) is 12.4 Å². The largest absolute Gasteiger partial charge is 0.339 e. The third kappa shape index (κ3) is 2.87. The molecule has 1 aromatic heterocycles. The van der Waals surface area contributed by atoms with Crippen LogP contribution in [0.4, 0.5) is 5.95 Å². The van der Waals surface area contributed by atoms with Crippen molar-refractivity contribution in [2.75, 3.05) is 38.1 Å². The van der Waals surface area contributed by atoms with Crippen LogP contribution < -0.4 is 10.6 Å². The minimum Gasteiger partial charge on any atom is -0.339 e. The molecule has 2 saturated heterocycles. The molecule has 2 fully saturated rings. The normalized spacial score (nSPS) is 28.8. The molecule has 5 heteroatoms. The van der Waals surface area contributed by atoms with E-state index in [0.717, 1.165) is 38.4 Å². The fraction of sp³-hybridized carbons (Fsp3) is 0.714. The second-order valence-corrected chi connectivity index (χ2v) is 5.91. The van der Waals surface area contributed by atoms with Crippen molar-refractivity contribution in [1.82, 2.24) is 14.9 Å². The summed E-state index contributed by atoms with van der Waals surface area (Å²) in [5.74, 6) is 1.44. The zero-order valence-corrected chi connectivity index (χ0v) is 11.6. The Bertz CT molecular complexity index is 418. The maximum absolute atomic E-state index is 6.00. The lowest BCUT2D eigenvalue weighted by Crippen LogP contribution is -2.43. The predicted octanol–water partition coefficient (Wildman–Crippen LogP) is 0.823. The fourth-order valence-corrected chi connectivity index (χ4v) is 3.10. The zero-order valence-electron chi connectivity index (χ0n) is 11.6. The monoisotopic (exact) mass is 261 g/mol. The summed E-state index contributed by atoms with van der Waals surface area (Å²) in [7, 11) is 2.17. The van der Waals surface area contributed by atoms with Gasteiger partial charge >= 0.3 is 0 Å². The topological polar surface area (TPSA) is 58.3 Å². The van der Waals surface area contributed by atoms with Gasteiger partial charge in [-0.05, 0) is 38.4 Å². The molecule has 3 heterocycles. The number of rotatable bonds is 2. The number of hydrogen-bond donors (Lipinski definition) is 1. The van der Waals surface area contributed by atoms with Crippen LogP contribution in [0.1, 0.15) is 30.7 Å². The van der Waals surface area contributed by atoms with Crippen LogP contribution >= 0.6 is 0 Å². The van der Waals surface area contributed by atoms with E-state index in [4.69, 9.17) is 5.73 Å². The molecule has 5 nitrogen and oxygen atoms in total. The van der Waals surface area contributed by atoms with Crippen LogP contribution in [0.3, 0.4) is 0 Å². The molecule has 19 heavy (non-hydrogen) atoms. The van der Waals surface area contributed by atoms with Crippen molar-refractivity contribution in [3.63, 3.8) is 0 Å². The predicted molar refractivity (Wildman–Crippen MR) is 76.3 cm³/mol. The first-order chi connectivity index (χ1) is 9.22. The molecular weight excluding hydrogens is 238 g/mol. The van der Waals surface area contributed by atoms with Gasteiger partial charge < -0.3 is 15.5 Å². The Balaban J connectivity index is 1.68. The van der Waals surface area contributed by atoms with Crippen LogP contribution in [0, 0.1) is 0 Å². The second kappa shape index (κ2) is 5.43. The lowest BCUT2D eigenvalue weighted by Gasteiger charge is -2.30. The van der Waals surface area contributed by atoms with Crippen LogP contribution in [0.2, 0.25) is 0 Å². The van der Waals surface area contributed by atoms with Crippen molar-refractivity contribution in [3.8, 4) is 0 Å². The van der Waals surface area contributed by atoms with Crippen molar-refractivity contribution in [1.29, 1.82) is 0 Å². The molecule has 0 radical (unpaired) electrons. The summed E-state index contributed by atoms with van der Waals surface area (Å²) < 4.78 is 0. The Morgan fingerprint density at radius 3 is 2.58 bits per heavy atom. The summed E-state index contributed by atoms with van der Waals surface area (Å²) in [4.78, 5) is 13.7. The van der Waals surface area contributed by atoms with Gasteiger partial charge in [-0.15, -0.1) is 0 Å². The molecule has 2 aliphatic rings. The van der Waals surface area contributed by atoms with E-state index in [-0.39, 0.29) is 6.04 Å². The molecule has 3 rings (SSSR count).